The third kappa shape index (κ3) is 7.40. The molecule has 0 saturated carbocycles. The Kier molecular flexibility index (Phi) is 10.9. The first-order valence-corrected chi connectivity index (χ1v) is 9.25. The Labute approximate surface area is 169 Å². The van der Waals surface area contributed by atoms with Crippen molar-refractivity contribution < 1.29 is 4.74 Å². The Bertz CT molecular complexity index is 495. The van der Waals surface area contributed by atoms with Gasteiger partial charge in [0.2, 0.25) is 0 Å². The van der Waals surface area contributed by atoms with Gasteiger partial charge in [-0.15, -0.1) is 24.0 Å². The summed E-state index contributed by atoms with van der Waals surface area (Å²) in [5.74, 6) is 1.89. The van der Waals surface area contributed by atoms with E-state index in [0.29, 0.717) is 6.54 Å². The molecular weight excluding hydrogens is 427 g/mol. The van der Waals surface area contributed by atoms with Crippen LogP contribution in [0.4, 0.5) is 0 Å². The van der Waals surface area contributed by atoms with Crippen LogP contribution in [0, 0.1) is 0 Å². The number of fused-ring (bicyclic) bond motifs is 1. The molecule has 0 amide bonds. The third-order valence-electron chi connectivity index (χ3n) is 4.35. The van der Waals surface area contributed by atoms with Crippen LogP contribution in [0.5, 0.6) is 5.75 Å². The number of ether oxygens (including phenoxy) is 1. The number of nitrogens with one attached hydrogen (secondary N) is 2. The van der Waals surface area contributed by atoms with Crippen LogP contribution < -0.4 is 15.4 Å². The Hall–Kier alpha value is -1.02. The van der Waals surface area contributed by atoms with Gasteiger partial charge < -0.3 is 20.3 Å². The minimum absolute atomic E-state index is 0. The Balaban J connectivity index is 0.00000312. The maximum Gasteiger partial charge on any atom is 0.191 e. The largest absolute Gasteiger partial charge is 0.488 e. The van der Waals surface area contributed by atoms with Crippen LogP contribution in [-0.4, -0.2) is 56.2 Å². The normalized spacial score (nSPS) is 16.2. The molecule has 25 heavy (non-hydrogen) atoms. The third-order valence-corrected chi connectivity index (χ3v) is 4.35. The van der Waals surface area contributed by atoms with Crippen LogP contribution >= 0.6 is 24.0 Å². The molecule has 1 heterocycles. The van der Waals surface area contributed by atoms with Crippen LogP contribution in [0.2, 0.25) is 0 Å². The van der Waals surface area contributed by atoms with Gasteiger partial charge in [-0.25, -0.2) is 4.99 Å². The van der Waals surface area contributed by atoms with E-state index in [4.69, 9.17) is 9.73 Å². The van der Waals surface area contributed by atoms with Gasteiger partial charge in [0.25, 0.3) is 0 Å². The van der Waals surface area contributed by atoms with E-state index in [9.17, 15) is 0 Å². The second kappa shape index (κ2) is 12.4. The van der Waals surface area contributed by atoms with Crippen molar-refractivity contribution in [1.29, 1.82) is 0 Å². The van der Waals surface area contributed by atoms with Crippen molar-refractivity contribution in [2.24, 2.45) is 4.99 Å². The molecule has 0 saturated heterocycles. The number of guanidine groups is 1. The van der Waals surface area contributed by atoms with Crippen LogP contribution in [0.1, 0.15) is 32.8 Å². The quantitative estimate of drug-likeness (QED) is 0.258. The van der Waals surface area contributed by atoms with Gasteiger partial charge in [0.15, 0.2) is 5.96 Å². The summed E-state index contributed by atoms with van der Waals surface area (Å²) in [6, 6.07) is 8.26. The highest BCUT2D eigenvalue weighted by atomic mass is 127. The minimum atomic E-state index is 0. The van der Waals surface area contributed by atoms with Gasteiger partial charge in [-0.3, -0.25) is 0 Å². The molecule has 6 heteroatoms. The summed E-state index contributed by atoms with van der Waals surface area (Å²) >= 11 is 0. The molecule has 1 atom stereocenters. The highest BCUT2D eigenvalue weighted by molar-refractivity contribution is 14.0. The number of nitrogens with zero attached hydrogens (tertiary/aromatic N) is 2. The molecule has 0 fully saturated rings. The zero-order valence-corrected chi connectivity index (χ0v) is 18.1. The molecule has 0 bridgehead atoms. The van der Waals surface area contributed by atoms with E-state index in [1.807, 2.05) is 12.1 Å². The summed E-state index contributed by atoms with van der Waals surface area (Å²) in [6.07, 6.45) is 2.21. The maximum absolute atomic E-state index is 5.95. The van der Waals surface area contributed by atoms with Crippen LogP contribution in [0.3, 0.4) is 0 Å². The lowest BCUT2D eigenvalue weighted by atomic mass is 10.1. The lowest BCUT2D eigenvalue weighted by Crippen LogP contribution is -2.39. The summed E-state index contributed by atoms with van der Waals surface area (Å²) in [5.41, 5.74) is 1.29. The van der Waals surface area contributed by atoms with E-state index < -0.39 is 0 Å². The Morgan fingerprint density at radius 3 is 2.64 bits per heavy atom. The average molecular weight is 460 g/mol. The standard InChI is InChI=1S/C19H32N4O.HI/c1-4-20-19(21-12-9-13-23(5-2)6-3)22-15-17-14-16-10-7-8-11-18(16)24-17;/h7-8,10-11,17H,4-6,9,12-15H2,1-3H3,(H2,20,21,22);1H. The summed E-state index contributed by atoms with van der Waals surface area (Å²) in [6.45, 7) is 12.4. The van der Waals surface area contributed by atoms with E-state index in [-0.39, 0.29) is 30.1 Å². The van der Waals surface area contributed by atoms with E-state index in [0.717, 1.165) is 57.3 Å². The molecular formula is C19H33IN4O. The van der Waals surface area contributed by atoms with Gasteiger partial charge in [0, 0.05) is 19.5 Å². The van der Waals surface area contributed by atoms with Gasteiger partial charge in [-0.1, -0.05) is 32.0 Å². The molecule has 2 N–H and O–H groups in total. The molecule has 142 valence electrons. The molecule has 1 aliphatic rings. The number of benzene rings is 1. The predicted molar refractivity (Wildman–Crippen MR) is 116 cm³/mol. The fourth-order valence-corrected chi connectivity index (χ4v) is 2.94. The van der Waals surface area contributed by atoms with E-state index >= 15 is 0 Å². The highest BCUT2D eigenvalue weighted by Crippen LogP contribution is 2.28. The number of para-hydroxylation sites is 1. The van der Waals surface area contributed by atoms with Crippen molar-refractivity contribution in [3.8, 4) is 5.75 Å². The summed E-state index contributed by atoms with van der Waals surface area (Å²) in [5, 5.41) is 6.74. The summed E-state index contributed by atoms with van der Waals surface area (Å²) in [7, 11) is 0. The molecule has 1 aliphatic heterocycles. The van der Waals surface area contributed by atoms with Crippen LogP contribution in [0.15, 0.2) is 29.3 Å². The molecule has 2 rings (SSSR count). The first kappa shape index (κ1) is 22.0. The van der Waals surface area contributed by atoms with Crippen molar-refractivity contribution >= 4 is 29.9 Å². The van der Waals surface area contributed by atoms with Gasteiger partial charge >= 0.3 is 0 Å². The van der Waals surface area contributed by atoms with Crippen molar-refractivity contribution in [3.63, 3.8) is 0 Å². The molecule has 1 aromatic carbocycles. The predicted octanol–water partition coefficient (Wildman–Crippen LogP) is 2.90. The minimum Gasteiger partial charge on any atom is -0.488 e. The fourth-order valence-electron chi connectivity index (χ4n) is 2.94. The van der Waals surface area contributed by atoms with Gasteiger partial charge in [0.1, 0.15) is 11.9 Å². The topological polar surface area (TPSA) is 48.9 Å². The highest BCUT2D eigenvalue weighted by Gasteiger charge is 2.21. The van der Waals surface area contributed by atoms with Crippen molar-refractivity contribution in [2.75, 3.05) is 39.3 Å². The molecule has 1 unspecified atom stereocenters. The zero-order valence-electron chi connectivity index (χ0n) is 15.8. The van der Waals surface area contributed by atoms with Gasteiger partial charge in [-0.2, -0.15) is 0 Å². The smallest absolute Gasteiger partial charge is 0.191 e. The second-order valence-corrected chi connectivity index (χ2v) is 6.08. The number of halogens is 1. The molecule has 0 aromatic heterocycles. The average Bonchev–Trinajstić information content (AvgIpc) is 3.02. The van der Waals surface area contributed by atoms with Crippen molar-refractivity contribution in [1.82, 2.24) is 15.5 Å². The lowest BCUT2D eigenvalue weighted by Gasteiger charge is -2.18. The lowest BCUT2D eigenvalue weighted by molar-refractivity contribution is 0.241. The molecule has 0 aliphatic carbocycles. The Morgan fingerprint density at radius 1 is 1.20 bits per heavy atom. The molecule has 5 nitrogen and oxygen atoms in total. The molecule has 0 radical (unpaired) electrons. The monoisotopic (exact) mass is 460 g/mol. The van der Waals surface area contributed by atoms with Gasteiger partial charge in [0.05, 0.1) is 6.54 Å². The van der Waals surface area contributed by atoms with Crippen molar-refractivity contribution in [3.05, 3.63) is 29.8 Å². The summed E-state index contributed by atoms with van der Waals surface area (Å²) in [4.78, 5) is 7.13. The van der Waals surface area contributed by atoms with Crippen molar-refractivity contribution in [2.45, 2.75) is 39.7 Å². The summed E-state index contributed by atoms with van der Waals surface area (Å²) < 4.78 is 5.95. The number of rotatable bonds is 9. The number of aliphatic imine (C=N–C) groups is 1. The zero-order chi connectivity index (χ0) is 17.2. The SMILES string of the molecule is CCNC(=NCC1Cc2ccccc2O1)NCCCN(CC)CC.I. The molecule has 0 spiro atoms. The van der Waals surface area contributed by atoms with E-state index in [2.05, 4.69) is 48.4 Å². The molecule has 1 aromatic rings. The van der Waals surface area contributed by atoms with E-state index in [1.165, 1.54) is 5.56 Å². The fraction of sp³-hybridized carbons (Fsp3) is 0.632. The van der Waals surface area contributed by atoms with E-state index in [1.54, 1.807) is 0 Å². The number of hydrogen-bond donors (Lipinski definition) is 2. The van der Waals surface area contributed by atoms with Gasteiger partial charge in [-0.05, 0) is 44.6 Å². The first-order chi connectivity index (χ1) is 11.8. The van der Waals surface area contributed by atoms with Crippen LogP contribution in [0.25, 0.3) is 0 Å². The maximum atomic E-state index is 5.95. The van der Waals surface area contributed by atoms with Crippen LogP contribution in [-0.2, 0) is 6.42 Å². The second-order valence-electron chi connectivity index (χ2n) is 6.08. The number of hydrogen-bond acceptors (Lipinski definition) is 3. The first-order valence-electron chi connectivity index (χ1n) is 9.25. The Morgan fingerprint density at radius 2 is 1.96 bits per heavy atom.